The number of carbonyl (C=O) groups is 2. The van der Waals surface area contributed by atoms with Crippen molar-refractivity contribution in [3.05, 3.63) is 87.0 Å². The Labute approximate surface area is 198 Å². The number of carbonyl (C=O) groups excluding carboxylic acids is 1. The minimum absolute atomic E-state index is 0.0458. The van der Waals surface area contributed by atoms with Gasteiger partial charge in [0.25, 0.3) is 5.56 Å². The zero-order valence-corrected chi connectivity index (χ0v) is 18.7. The molecule has 4 N–H and O–H groups in total. The van der Waals surface area contributed by atoms with Crippen LogP contribution < -0.4 is 20.9 Å². The highest BCUT2D eigenvalue weighted by atomic mass is 35.5. The van der Waals surface area contributed by atoms with Crippen molar-refractivity contribution in [1.82, 2.24) is 9.88 Å². The van der Waals surface area contributed by atoms with Crippen LogP contribution in [0.5, 0.6) is 11.5 Å². The summed E-state index contributed by atoms with van der Waals surface area (Å²) >= 11 is 6.14. The quantitative estimate of drug-likeness (QED) is 0.381. The third kappa shape index (κ3) is 5.84. The van der Waals surface area contributed by atoms with Gasteiger partial charge >= 0.3 is 12.0 Å². The van der Waals surface area contributed by atoms with Gasteiger partial charge in [0.1, 0.15) is 5.75 Å². The second kappa shape index (κ2) is 10.7. The predicted molar refractivity (Wildman–Crippen MR) is 123 cm³/mol. The largest absolute Gasteiger partial charge is 0.505 e. The van der Waals surface area contributed by atoms with Crippen LogP contribution in [0.15, 0.2) is 59.5 Å². The molecule has 178 valence electrons. The Morgan fingerprint density at radius 3 is 2.59 bits per heavy atom. The molecule has 0 fully saturated rings. The molecule has 0 bridgehead atoms. The number of hydrogen-bond donors (Lipinski definition) is 4. The number of carboxylic acids is 1. The Bertz CT molecular complexity index is 1280. The monoisotopic (exact) mass is 489 g/mol. The van der Waals surface area contributed by atoms with Gasteiger partial charge in [-0.1, -0.05) is 35.9 Å². The lowest BCUT2D eigenvalue weighted by Gasteiger charge is -2.19. The van der Waals surface area contributed by atoms with Crippen LogP contribution in [0.4, 0.5) is 14.9 Å². The van der Waals surface area contributed by atoms with E-state index >= 15 is 0 Å². The van der Waals surface area contributed by atoms with Gasteiger partial charge in [-0.25, -0.2) is 9.18 Å². The summed E-state index contributed by atoms with van der Waals surface area (Å²) in [5.74, 6) is -2.51. The fourth-order valence-corrected chi connectivity index (χ4v) is 3.45. The number of halogens is 2. The van der Waals surface area contributed by atoms with Gasteiger partial charge < -0.3 is 30.2 Å². The Hall–Kier alpha value is -4.05. The molecule has 34 heavy (non-hydrogen) atoms. The van der Waals surface area contributed by atoms with E-state index in [1.807, 2.05) is 0 Å². The second-order valence-corrected chi connectivity index (χ2v) is 7.65. The van der Waals surface area contributed by atoms with Gasteiger partial charge in [-0.15, -0.1) is 0 Å². The first-order chi connectivity index (χ1) is 16.2. The van der Waals surface area contributed by atoms with Crippen LogP contribution in [0.1, 0.15) is 23.6 Å². The molecular weight excluding hydrogens is 469 g/mol. The predicted octanol–water partition coefficient (Wildman–Crippen LogP) is 3.74. The lowest BCUT2D eigenvalue weighted by molar-refractivity contribution is -0.137. The molecule has 0 radical (unpaired) electrons. The molecule has 3 aromatic rings. The number of carboxylic acid groups (broad SMARTS) is 1. The number of nitrogens with one attached hydrogen (secondary N) is 2. The highest BCUT2D eigenvalue weighted by Crippen LogP contribution is 2.25. The third-order valence-electron chi connectivity index (χ3n) is 4.94. The van der Waals surface area contributed by atoms with Crippen molar-refractivity contribution in [3.8, 4) is 11.5 Å². The van der Waals surface area contributed by atoms with Crippen molar-refractivity contribution in [3.63, 3.8) is 0 Å². The zero-order valence-electron chi connectivity index (χ0n) is 17.9. The number of aromatic hydroxyl groups is 1. The average molecular weight is 490 g/mol. The first-order valence-corrected chi connectivity index (χ1v) is 10.4. The number of rotatable bonds is 8. The molecule has 0 spiro atoms. The number of nitrogens with zero attached hydrogens (tertiary/aromatic N) is 1. The number of urea groups is 1. The number of aromatic nitrogens is 1. The van der Waals surface area contributed by atoms with Crippen molar-refractivity contribution in [2.45, 2.75) is 19.0 Å². The summed E-state index contributed by atoms with van der Waals surface area (Å²) in [6.07, 6.45) is 0.786. The third-order valence-corrected chi connectivity index (χ3v) is 5.31. The van der Waals surface area contributed by atoms with E-state index in [0.29, 0.717) is 10.6 Å². The summed E-state index contributed by atoms with van der Waals surface area (Å²) in [7, 11) is 1.28. The maximum atomic E-state index is 14.1. The molecule has 0 aliphatic rings. The number of ether oxygens (including phenoxy) is 1. The fraction of sp³-hybridized carbons (Fsp3) is 0.174. The maximum Gasteiger partial charge on any atom is 0.319 e. The summed E-state index contributed by atoms with van der Waals surface area (Å²) < 4.78 is 20.2. The van der Waals surface area contributed by atoms with E-state index in [-0.39, 0.29) is 17.9 Å². The normalized spacial score (nSPS) is 11.5. The van der Waals surface area contributed by atoms with E-state index in [0.717, 1.165) is 6.07 Å². The molecule has 0 saturated carbocycles. The SMILES string of the molecule is COc1ccc([C@H](CC(=O)O)NC(=O)Nc2c(O)ccn(Cc3ccccc3Cl)c2=O)cc1F. The molecule has 9 nitrogen and oxygen atoms in total. The highest BCUT2D eigenvalue weighted by Gasteiger charge is 2.21. The molecule has 1 aromatic heterocycles. The number of aliphatic carboxylic acids is 1. The van der Waals surface area contributed by atoms with Gasteiger partial charge in [-0.05, 0) is 35.4 Å². The molecule has 1 heterocycles. The van der Waals surface area contributed by atoms with Crippen LogP contribution in [-0.4, -0.2) is 33.9 Å². The molecule has 0 aliphatic carbocycles. The van der Waals surface area contributed by atoms with Crippen LogP contribution in [0.25, 0.3) is 0 Å². The maximum absolute atomic E-state index is 14.1. The molecular formula is C23H21ClFN3O6. The number of methoxy groups -OCH3 is 1. The smallest absolute Gasteiger partial charge is 0.319 e. The molecule has 2 amide bonds. The van der Waals surface area contributed by atoms with E-state index in [1.54, 1.807) is 24.3 Å². The molecule has 1 atom stereocenters. The number of anilines is 1. The second-order valence-electron chi connectivity index (χ2n) is 7.24. The van der Waals surface area contributed by atoms with Crippen LogP contribution >= 0.6 is 11.6 Å². The summed E-state index contributed by atoms with van der Waals surface area (Å²) in [6.45, 7) is 0.0852. The molecule has 0 aliphatic heterocycles. The topological polar surface area (TPSA) is 130 Å². The van der Waals surface area contributed by atoms with Crippen molar-refractivity contribution in [2.75, 3.05) is 12.4 Å². The summed E-state index contributed by atoms with van der Waals surface area (Å²) in [5.41, 5.74) is -0.304. The Morgan fingerprint density at radius 2 is 1.94 bits per heavy atom. The molecule has 2 aromatic carbocycles. The van der Waals surface area contributed by atoms with Crippen LogP contribution in [0, 0.1) is 5.82 Å². The molecule has 0 saturated heterocycles. The molecule has 0 unspecified atom stereocenters. The lowest BCUT2D eigenvalue weighted by Crippen LogP contribution is -2.36. The number of pyridine rings is 1. The Morgan fingerprint density at radius 1 is 1.21 bits per heavy atom. The molecule has 11 heteroatoms. The Balaban J connectivity index is 1.83. The first kappa shape index (κ1) is 24.6. The van der Waals surface area contributed by atoms with Crippen molar-refractivity contribution >= 4 is 29.3 Å². The minimum Gasteiger partial charge on any atom is -0.505 e. The van der Waals surface area contributed by atoms with Gasteiger partial charge in [0.15, 0.2) is 17.3 Å². The van der Waals surface area contributed by atoms with Gasteiger partial charge in [0, 0.05) is 11.2 Å². The van der Waals surface area contributed by atoms with Gasteiger partial charge in [0.2, 0.25) is 0 Å². The average Bonchev–Trinajstić information content (AvgIpc) is 2.79. The number of hydrogen-bond acceptors (Lipinski definition) is 5. The van der Waals surface area contributed by atoms with Crippen LogP contribution in [0.3, 0.4) is 0 Å². The van der Waals surface area contributed by atoms with Crippen LogP contribution in [0.2, 0.25) is 5.02 Å². The highest BCUT2D eigenvalue weighted by molar-refractivity contribution is 6.31. The van der Waals surface area contributed by atoms with E-state index in [2.05, 4.69) is 10.6 Å². The van der Waals surface area contributed by atoms with E-state index in [1.165, 1.54) is 36.1 Å². The zero-order chi connectivity index (χ0) is 24.8. The number of amides is 2. The van der Waals surface area contributed by atoms with Crippen molar-refractivity contribution in [2.24, 2.45) is 0 Å². The van der Waals surface area contributed by atoms with Gasteiger partial charge in [0.05, 0.1) is 26.1 Å². The van der Waals surface area contributed by atoms with Gasteiger partial charge in [-0.2, -0.15) is 0 Å². The minimum atomic E-state index is -1.24. The van der Waals surface area contributed by atoms with E-state index in [9.17, 15) is 29.0 Å². The Kier molecular flexibility index (Phi) is 7.75. The van der Waals surface area contributed by atoms with E-state index in [4.69, 9.17) is 16.3 Å². The number of benzene rings is 2. The van der Waals surface area contributed by atoms with Gasteiger partial charge in [-0.3, -0.25) is 9.59 Å². The van der Waals surface area contributed by atoms with Crippen molar-refractivity contribution < 1.29 is 28.9 Å². The summed E-state index contributed by atoms with van der Waals surface area (Å²) in [5, 5.41) is 24.4. The molecule has 3 rings (SSSR count). The first-order valence-electron chi connectivity index (χ1n) is 9.98. The van der Waals surface area contributed by atoms with Crippen molar-refractivity contribution in [1.29, 1.82) is 0 Å². The van der Waals surface area contributed by atoms with E-state index < -0.39 is 47.3 Å². The van der Waals surface area contributed by atoms with Crippen LogP contribution in [-0.2, 0) is 11.3 Å². The lowest BCUT2D eigenvalue weighted by atomic mass is 10.0. The summed E-state index contributed by atoms with van der Waals surface area (Å²) in [6, 6.07) is 9.77. The summed E-state index contributed by atoms with van der Waals surface area (Å²) in [4.78, 5) is 36.7. The fourth-order valence-electron chi connectivity index (χ4n) is 3.25. The standard InChI is InChI=1S/C23H21ClFN3O6/c1-34-19-7-6-13(10-16(19)25)17(11-20(30)31)26-23(33)27-21-18(29)8-9-28(22(21)32)12-14-4-2-3-5-15(14)24/h2-10,17,29H,11-12H2,1H3,(H,30,31)(H2,26,27,33)/t17-/m0/s1.